The Morgan fingerprint density at radius 1 is 0.219 bits per heavy atom. The van der Waals surface area contributed by atoms with Crippen LogP contribution in [0, 0.1) is 27.7 Å². The number of benzene rings is 12. The van der Waals surface area contributed by atoms with Crippen molar-refractivity contribution < 1.29 is 55.6 Å². The quantitative estimate of drug-likeness (QED) is 0.0344. The van der Waals surface area contributed by atoms with Gasteiger partial charge in [0.05, 0.1) is 0 Å². The molecule has 0 atom stereocenters. The second kappa shape index (κ2) is 36.9. The summed E-state index contributed by atoms with van der Waals surface area (Å²) in [5.41, 5.74) is 11.9. The number of rotatable bonds is 28. The van der Waals surface area contributed by atoms with Crippen LogP contribution in [0.2, 0.25) is 20.2 Å². The fourth-order valence-electron chi connectivity index (χ4n) is 22.5. The lowest BCUT2D eigenvalue weighted by molar-refractivity contribution is 0.0953. The Labute approximate surface area is 764 Å². The molecule has 16 heteroatoms. The predicted molar refractivity (Wildman–Crippen MR) is 528 cm³/mol. The lowest BCUT2D eigenvalue weighted by Gasteiger charge is -2.43. The van der Waals surface area contributed by atoms with E-state index in [1.54, 1.807) is 0 Å². The van der Waals surface area contributed by atoms with Crippen LogP contribution in [0.5, 0.6) is 46.0 Å². The van der Waals surface area contributed by atoms with Crippen LogP contribution in [-0.2, 0) is 17.7 Å². The maximum absolute atomic E-state index is 7.94. The summed E-state index contributed by atoms with van der Waals surface area (Å²) in [4.78, 5) is 0. The largest absolute Gasteiger partial charge is 0.457 e. The molecule has 0 aromatic heterocycles. The molecule has 0 unspecified atom stereocenters. The van der Waals surface area contributed by atoms with Crippen LogP contribution in [-0.4, -0.2) is 86.9 Å². The van der Waals surface area contributed by atoms with Gasteiger partial charge in [0.15, 0.2) is 0 Å². The molecule has 4 heterocycles. The number of hydrogen-bond donors (Lipinski definition) is 0. The van der Waals surface area contributed by atoms with E-state index in [2.05, 4.69) is 378 Å². The van der Waals surface area contributed by atoms with Crippen molar-refractivity contribution in [3.05, 3.63) is 334 Å². The summed E-state index contributed by atoms with van der Waals surface area (Å²) in [6.45, 7) is 38.8. The molecule has 12 aromatic carbocycles. The van der Waals surface area contributed by atoms with E-state index < -0.39 is 33.3 Å². The maximum Gasteiger partial charge on any atom is 0.261 e. The van der Waals surface area contributed by atoms with E-state index in [4.69, 9.17) is 55.6 Å². The Balaban J connectivity index is 0.894. The van der Waals surface area contributed by atoms with Crippen LogP contribution in [0.1, 0.15) is 225 Å². The first-order valence-corrected chi connectivity index (χ1v) is 54.1. The van der Waals surface area contributed by atoms with Crippen LogP contribution in [0.15, 0.2) is 267 Å². The molecule has 4 aliphatic heterocycles. The number of hydrogen-bond acceptors (Lipinski definition) is 12. The van der Waals surface area contributed by atoms with E-state index in [0.717, 1.165) is 113 Å². The van der Waals surface area contributed by atoms with Gasteiger partial charge in [-0.25, -0.2) is 0 Å². The Morgan fingerprint density at radius 3 is 0.477 bits per heavy atom. The first-order valence-electron chi connectivity index (χ1n) is 46.5. The molecule has 0 N–H and O–H groups in total. The van der Waals surface area contributed by atoms with Crippen LogP contribution in [0.4, 0.5) is 0 Å². The molecule has 0 spiro atoms. The van der Waals surface area contributed by atoms with E-state index in [0.29, 0.717) is 77.8 Å². The van der Waals surface area contributed by atoms with Gasteiger partial charge < -0.3 is 55.6 Å². The van der Waals surface area contributed by atoms with Crippen LogP contribution < -0.4 is 79.4 Å². The lowest BCUT2D eigenvalue weighted by Crippen LogP contribution is -2.66. The van der Waals surface area contributed by atoms with E-state index >= 15 is 0 Å². The van der Waals surface area contributed by atoms with Gasteiger partial charge in [-0.05, 0) is 165 Å². The molecular weight excluding hydrogens is 1650 g/mol. The summed E-state index contributed by atoms with van der Waals surface area (Å²) >= 11 is 0. The average molecular weight is 1780 g/mol. The van der Waals surface area contributed by atoms with Crippen molar-refractivity contribution in [3.8, 4) is 46.0 Å². The SMILES string of the molecule is Cc1c2c3cc4c1OCOc1c(cc5c(c1C)OCOc1c(cc6c(c1C)OCOc1c(cc(c(c1C)OCO2)C3CCCO[Si](c1ccccc1)(c1ccccc1)C(C)(C)C)C6CCCO[Si](c1ccccc1)(c1ccccc1)C(C)(C)C)C5CCCO[Si](c1ccccc1)(c1ccccc1)C(C)(C)C)C4CCCO[Si](c1ccccc1)(c1ccccc1)C(C)(C)C. The molecule has 0 radical (unpaired) electrons. The van der Waals surface area contributed by atoms with Gasteiger partial charge in [-0.1, -0.05) is 326 Å². The Morgan fingerprint density at radius 2 is 0.352 bits per heavy atom. The van der Waals surface area contributed by atoms with Gasteiger partial charge in [-0.15, -0.1) is 0 Å². The van der Waals surface area contributed by atoms with Crippen molar-refractivity contribution in [2.24, 2.45) is 0 Å². The minimum Gasteiger partial charge on any atom is -0.457 e. The second-order valence-corrected chi connectivity index (χ2v) is 57.0. The molecule has 0 saturated carbocycles. The Hall–Kier alpha value is -10.3. The Kier molecular flexibility index (Phi) is 25.9. The highest BCUT2D eigenvalue weighted by molar-refractivity contribution is 7.01. The fourth-order valence-corrected chi connectivity index (χ4v) is 41.0. The van der Waals surface area contributed by atoms with Gasteiger partial charge in [0.1, 0.15) is 46.0 Å². The third kappa shape index (κ3) is 16.3. The van der Waals surface area contributed by atoms with Gasteiger partial charge in [-0.3, -0.25) is 0 Å². The second-order valence-electron chi connectivity index (χ2n) is 39.8. The first-order chi connectivity index (χ1) is 61.7. The molecule has 128 heavy (non-hydrogen) atoms. The first kappa shape index (κ1) is 89.7. The van der Waals surface area contributed by atoms with Gasteiger partial charge in [0, 0.05) is 117 Å². The van der Waals surface area contributed by atoms with Crippen molar-refractivity contribution in [2.75, 3.05) is 53.6 Å². The van der Waals surface area contributed by atoms with Crippen molar-refractivity contribution in [2.45, 2.75) is 206 Å². The summed E-state index contributed by atoms with van der Waals surface area (Å²) < 4.78 is 90.3. The number of ether oxygens (including phenoxy) is 8. The molecule has 0 fully saturated rings. The zero-order valence-electron chi connectivity index (χ0n) is 77.9. The molecule has 12 nitrogen and oxygen atoms in total. The molecular formula is C112H128O12Si4. The van der Waals surface area contributed by atoms with E-state index in [1.165, 1.54) is 41.5 Å². The Bertz CT molecular complexity index is 4860. The van der Waals surface area contributed by atoms with Crippen LogP contribution >= 0.6 is 0 Å². The molecule has 664 valence electrons. The lowest BCUT2D eigenvalue weighted by atomic mass is 9.74. The van der Waals surface area contributed by atoms with Gasteiger partial charge in [0.2, 0.25) is 27.2 Å². The van der Waals surface area contributed by atoms with Crippen molar-refractivity contribution in [3.63, 3.8) is 0 Å². The van der Waals surface area contributed by atoms with Gasteiger partial charge in [-0.2, -0.15) is 0 Å². The molecule has 1 aliphatic carbocycles. The zero-order valence-corrected chi connectivity index (χ0v) is 81.9. The van der Waals surface area contributed by atoms with Crippen LogP contribution in [0.3, 0.4) is 0 Å². The topological polar surface area (TPSA) is 111 Å². The monoisotopic (exact) mass is 1780 g/mol. The van der Waals surface area contributed by atoms with E-state index in [1.807, 2.05) is 0 Å². The zero-order chi connectivity index (χ0) is 89.4. The van der Waals surface area contributed by atoms with E-state index in [-0.39, 0.29) is 71.0 Å². The molecule has 5 aliphatic rings. The van der Waals surface area contributed by atoms with Gasteiger partial charge in [0.25, 0.3) is 33.3 Å². The summed E-state index contributed by atoms with van der Waals surface area (Å²) in [7, 11) is -12.1. The molecule has 17 rings (SSSR count). The highest BCUT2D eigenvalue weighted by atomic mass is 28.4. The molecule has 8 bridgehead atoms. The highest BCUT2D eigenvalue weighted by Gasteiger charge is 2.55. The van der Waals surface area contributed by atoms with Crippen molar-refractivity contribution in [1.82, 2.24) is 0 Å². The molecule has 0 amide bonds. The van der Waals surface area contributed by atoms with E-state index in [9.17, 15) is 0 Å². The van der Waals surface area contributed by atoms with Crippen molar-refractivity contribution in [1.29, 1.82) is 0 Å². The summed E-state index contributed by atoms with van der Waals surface area (Å²) in [5, 5.41) is 8.90. The maximum atomic E-state index is 7.94. The van der Waals surface area contributed by atoms with Crippen LogP contribution in [0.25, 0.3) is 0 Å². The normalized spacial score (nSPS) is 16.7. The van der Waals surface area contributed by atoms with Crippen molar-refractivity contribution >= 4 is 74.8 Å². The highest BCUT2D eigenvalue weighted by Crippen LogP contribution is 2.59. The molecule has 12 aromatic rings. The average Bonchev–Trinajstić information content (AvgIpc) is 0.724. The fraction of sp³-hybridized carbons (Fsp3) is 0.357. The van der Waals surface area contributed by atoms with Gasteiger partial charge >= 0.3 is 0 Å². The third-order valence-corrected chi connectivity index (χ3v) is 48.4. The standard InChI is InChI=1S/C112H128O12Si4/c1-77-101-93-69-94-90(62-42-66-122-126(110(8,9)10,83-49-29-19-30-50-83)84-51-31-20-32-52-84)96-71-98-92(64-44-68-124-128(112(14,15)16,87-57-37-23-38-58-87)88-59-39-24-40-60-88)100-72-99-91(63-43-67-123-127(111(11,12)13,85-53-33-21-34-54-85)86-55-35-22-36-56-86)97-70-95(89(93)61-41-65-121-125(109(5,6)7,81-45-25-17-26-46-81)82-47-27-18-28-48-82)103(115-73-113-101)78(2)105(97)117-75-119-107(99)80(4)108(100)120-76-118-106(98)79(3)104(96)116-74-114-102(77)94/h17-40,45-60,69-72,89-92H,41-44,61-68,73-76H2,1-16H3. The minimum atomic E-state index is -3.03. The predicted octanol–water partition coefficient (Wildman–Crippen LogP) is 22.1. The third-order valence-electron chi connectivity index (χ3n) is 28.2. The minimum absolute atomic E-state index is 0.0748. The summed E-state index contributed by atoms with van der Waals surface area (Å²) in [6, 6.07) is 98.1. The summed E-state index contributed by atoms with van der Waals surface area (Å²) in [5.74, 6) is 4.49. The summed E-state index contributed by atoms with van der Waals surface area (Å²) in [6.07, 6.45) is 5.39. The molecule has 0 saturated heterocycles. The smallest absolute Gasteiger partial charge is 0.261 e.